The van der Waals surface area contributed by atoms with Crippen LogP contribution in [0.3, 0.4) is 0 Å². The summed E-state index contributed by atoms with van der Waals surface area (Å²) in [7, 11) is 0. The molecule has 4 aromatic rings. The minimum Gasteiger partial charge on any atom is -0.489 e. The minimum absolute atomic E-state index is 0.0112. The van der Waals surface area contributed by atoms with Gasteiger partial charge in [-0.05, 0) is 55.5 Å². The summed E-state index contributed by atoms with van der Waals surface area (Å²) in [5, 5.41) is 6.29. The van der Waals surface area contributed by atoms with Crippen molar-refractivity contribution in [3.05, 3.63) is 89.1 Å². The van der Waals surface area contributed by atoms with Gasteiger partial charge in [-0.25, -0.2) is 0 Å². The van der Waals surface area contributed by atoms with Crippen molar-refractivity contribution in [1.29, 1.82) is 0 Å². The lowest BCUT2D eigenvalue weighted by Gasteiger charge is -2.24. The molecule has 7 nitrogen and oxygen atoms in total. The highest BCUT2D eigenvalue weighted by Crippen LogP contribution is 2.24. The minimum atomic E-state index is -0.0112. The van der Waals surface area contributed by atoms with Crippen LogP contribution in [0, 0.1) is 19.8 Å². The van der Waals surface area contributed by atoms with Gasteiger partial charge in [-0.2, -0.15) is 0 Å². The molecule has 1 fully saturated rings. The lowest BCUT2D eigenvalue weighted by atomic mass is 9.95. The average molecular weight is 472 g/mol. The molecule has 35 heavy (non-hydrogen) atoms. The molecule has 1 aliphatic rings. The smallest absolute Gasteiger partial charge is 0.254 e. The predicted molar refractivity (Wildman–Crippen MR) is 132 cm³/mol. The highest BCUT2D eigenvalue weighted by Gasteiger charge is 2.24. The summed E-state index contributed by atoms with van der Waals surface area (Å²) in [5.41, 5.74) is 3.58. The number of aromatic nitrogens is 2. The summed E-state index contributed by atoms with van der Waals surface area (Å²) < 4.78 is 17.0. The lowest BCUT2D eigenvalue weighted by molar-refractivity contribution is 0.0737. The van der Waals surface area contributed by atoms with E-state index in [0.717, 1.165) is 28.8 Å². The van der Waals surface area contributed by atoms with E-state index in [9.17, 15) is 4.79 Å². The number of pyridine rings is 1. The number of carbonyl (C=O) groups excluding carboxylic acids is 1. The molecule has 180 valence electrons. The molecule has 5 rings (SSSR count). The van der Waals surface area contributed by atoms with Crippen LogP contribution in [0.25, 0.3) is 10.8 Å². The van der Waals surface area contributed by atoms with Crippen LogP contribution in [-0.2, 0) is 17.8 Å². The van der Waals surface area contributed by atoms with Gasteiger partial charge in [-0.1, -0.05) is 29.4 Å². The molecule has 2 aromatic carbocycles. The van der Waals surface area contributed by atoms with Crippen molar-refractivity contribution >= 4 is 16.7 Å². The van der Waals surface area contributed by atoms with Crippen LogP contribution in [0.4, 0.5) is 0 Å². The zero-order chi connectivity index (χ0) is 24.2. The van der Waals surface area contributed by atoms with Crippen LogP contribution in [-0.4, -0.2) is 47.3 Å². The molecule has 0 radical (unpaired) electrons. The Morgan fingerprint density at radius 2 is 2.06 bits per heavy atom. The first-order chi connectivity index (χ1) is 17.1. The van der Waals surface area contributed by atoms with Gasteiger partial charge < -0.3 is 18.9 Å². The normalized spacial score (nSPS) is 16.3. The van der Waals surface area contributed by atoms with Gasteiger partial charge in [0.15, 0.2) is 0 Å². The van der Waals surface area contributed by atoms with Gasteiger partial charge in [0.05, 0.1) is 24.5 Å². The third-order valence-corrected chi connectivity index (χ3v) is 6.55. The Morgan fingerprint density at radius 1 is 1.17 bits per heavy atom. The molecule has 0 spiro atoms. The first kappa shape index (κ1) is 23.1. The largest absolute Gasteiger partial charge is 0.489 e. The second-order valence-electron chi connectivity index (χ2n) is 9.03. The molecule has 0 aliphatic carbocycles. The van der Waals surface area contributed by atoms with Crippen LogP contribution in [0.5, 0.6) is 5.75 Å². The van der Waals surface area contributed by atoms with E-state index < -0.39 is 0 Å². The summed E-state index contributed by atoms with van der Waals surface area (Å²) in [6, 6.07) is 15.7. The Morgan fingerprint density at radius 3 is 2.91 bits per heavy atom. The van der Waals surface area contributed by atoms with Crippen molar-refractivity contribution in [2.75, 3.05) is 26.3 Å². The first-order valence-electron chi connectivity index (χ1n) is 11.9. The van der Waals surface area contributed by atoms with E-state index in [-0.39, 0.29) is 11.8 Å². The SMILES string of the molecule is Cc1noc(C)c1COc1cccc(C(=O)N2CCOC[C@H](Cc3cccc4ccncc34)C2)c1. The summed E-state index contributed by atoms with van der Waals surface area (Å²) in [6.45, 7) is 6.46. The molecule has 0 N–H and O–H groups in total. The zero-order valence-corrected chi connectivity index (χ0v) is 20.1. The third-order valence-electron chi connectivity index (χ3n) is 6.55. The van der Waals surface area contributed by atoms with E-state index in [1.165, 1.54) is 10.9 Å². The quantitative estimate of drug-likeness (QED) is 0.404. The van der Waals surface area contributed by atoms with Crippen molar-refractivity contribution in [2.45, 2.75) is 26.9 Å². The maximum absolute atomic E-state index is 13.4. The number of hydrogen-bond acceptors (Lipinski definition) is 6. The monoisotopic (exact) mass is 471 g/mol. The molecule has 7 heteroatoms. The van der Waals surface area contributed by atoms with Crippen LogP contribution in [0.1, 0.15) is 32.9 Å². The maximum atomic E-state index is 13.4. The average Bonchev–Trinajstić information content (AvgIpc) is 3.06. The Kier molecular flexibility index (Phi) is 6.77. The van der Waals surface area contributed by atoms with Gasteiger partial charge in [0.1, 0.15) is 18.1 Å². The maximum Gasteiger partial charge on any atom is 0.254 e. The van der Waals surface area contributed by atoms with E-state index in [2.05, 4.69) is 28.3 Å². The number of carbonyl (C=O) groups is 1. The van der Waals surface area contributed by atoms with Crippen molar-refractivity contribution in [3.8, 4) is 5.75 Å². The standard InChI is InChI=1S/C28H29N3O4/c1-19-27(20(2)35-30-19)18-34-25-8-4-7-24(14-25)28(32)31-11-12-33-17-21(16-31)13-23-6-3-5-22-9-10-29-15-26(22)23/h3-10,14-15,21H,11-13,16-18H2,1-2H3/t21-/m1/s1. The summed E-state index contributed by atoms with van der Waals surface area (Å²) >= 11 is 0. The van der Waals surface area contributed by atoms with E-state index in [1.807, 2.05) is 55.4 Å². The van der Waals surface area contributed by atoms with Gasteiger partial charge in [-0.15, -0.1) is 0 Å². The molecule has 3 heterocycles. The van der Waals surface area contributed by atoms with Crippen LogP contribution in [0.15, 0.2) is 65.4 Å². The van der Waals surface area contributed by atoms with E-state index in [1.54, 1.807) is 6.07 Å². The van der Waals surface area contributed by atoms with Gasteiger partial charge in [0.2, 0.25) is 0 Å². The number of fused-ring (bicyclic) bond motifs is 1. The van der Waals surface area contributed by atoms with E-state index in [0.29, 0.717) is 44.2 Å². The number of aryl methyl sites for hydroxylation is 2. The molecule has 0 unspecified atom stereocenters. The lowest BCUT2D eigenvalue weighted by Crippen LogP contribution is -2.36. The predicted octanol–water partition coefficient (Wildman–Crippen LogP) is 4.75. The van der Waals surface area contributed by atoms with Gasteiger partial charge in [-0.3, -0.25) is 9.78 Å². The number of nitrogens with zero attached hydrogens (tertiary/aromatic N) is 3. The fourth-order valence-corrected chi connectivity index (χ4v) is 4.62. The second-order valence-corrected chi connectivity index (χ2v) is 9.03. The van der Waals surface area contributed by atoms with Gasteiger partial charge in [0, 0.05) is 42.4 Å². The van der Waals surface area contributed by atoms with Crippen LogP contribution in [0.2, 0.25) is 0 Å². The van der Waals surface area contributed by atoms with Gasteiger partial charge >= 0.3 is 0 Å². The van der Waals surface area contributed by atoms with Gasteiger partial charge in [0.25, 0.3) is 5.91 Å². The number of amides is 1. The molecule has 1 saturated heterocycles. The molecule has 1 amide bonds. The summed E-state index contributed by atoms with van der Waals surface area (Å²) in [6.07, 6.45) is 4.56. The number of hydrogen-bond donors (Lipinski definition) is 0. The Bertz CT molecular complexity index is 1310. The Hall–Kier alpha value is -3.71. The van der Waals surface area contributed by atoms with Crippen LogP contribution >= 0.6 is 0 Å². The second kappa shape index (κ2) is 10.3. The zero-order valence-electron chi connectivity index (χ0n) is 20.1. The van der Waals surface area contributed by atoms with Crippen molar-refractivity contribution < 1.29 is 18.8 Å². The fraction of sp³-hybridized carbons (Fsp3) is 0.321. The highest BCUT2D eigenvalue weighted by atomic mass is 16.5. The van der Waals surface area contributed by atoms with Crippen molar-refractivity contribution in [1.82, 2.24) is 15.0 Å². The molecule has 0 bridgehead atoms. The van der Waals surface area contributed by atoms with E-state index >= 15 is 0 Å². The molecule has 1 aliphatic heterocycles. The molecule has 2 aromatic heterocycles. The summed E-state index contributed by atoms with van der Waals surface area (Å²) in [5.74, 6) is 1.57. The fourth-order valence-electron chi connectivity index (χ4n) is 4.62. The first-order valence-corrected chi connectivity index (χ1v) is 11.9. The molecule has 1 atom stereocenters. The van der Waals surface area contributed by atoms with Crippen molar-refractivity contribution in [2.24, 2.45) is 5.92 Å². The number of benzene rings is 2. The van der Waals surface area contributed by atoms with Crippen LogP contribution < -0.4 is 4.74 Å². The topological polar surface area (TPSA) is 77.7 Å². The number of rotatable bonds is 6. The molecule has 0 saturated carbocycles. The third kappa shape index (κ3) is 5.20. The van der Waals surface area contributed by atoms with Crippen molar-refractivity contribution in [3.63, 3.8) is 0 Å². The summed E-state index contributed by atoms with van der Waals surface area (Å²) in [4.78, 5) is 19.6. The Labute approximate surface area is 204 Å². The Balaban J connectivity index is 1.28. The van der Waals surface area contributed by atoms with E-state index in [4.69, 9.17) is 14.0 Å². The number of ether oxygens (including phenoxy) is 2. The molecular formula is C28H29N3O4. The molecular weight excluding hydrogens is 442 g/mol. The highest BCUT2D eigenvalue weighted by molar-refractivity contribution is 5.94.